The molecule has 26 heavy (non-hydrogen) atoms. The maximum Gasteiger partial charge on any atom is 0.490 e. The molecule has 3 heterocycles. The fourth-order valence-electron chi connectivity index (χ4n) is 2.73. The molecule has 0 saturated carbocycles. The average Bonchev–Trinajstić information content (AvgIpc) is 3.01. The molecule has 0 amide bonds. The molecule has 1 N–H and O–H groups in total. The number of carbonyl (C=O) groups is 1. The number of fused-ring (bicyclic) bond motifs is 1. The van der Waals surface area contributed by atoms with Gasteiger partial charge in [-0.1, -0.05) is 13.0 Å². The van der Waals surface area contributed by atoms with E-state index >= 15 is 0 Å². The summed E-state index contributed by atoms with van der Waals surface area (Å²) in [6.07, 6.45) is -0.205. The molecule has 1 aliphatic heterocycles. The van der Waals surface area contributed by atoms with Gasteiger partial charge in [0, 0.05) is 42.3 Å². The summed E-state index contributed by atoms with van der Waals surface area (Å²) < 4.78 is 31.7. The Balaban J connectivity index is 0.000000298. The standard InChI is InChI=1S/C15H19N3S.C2HF3O2/c1-2-14-13-5-7-18(10-12-4-3-9-19-12)8-6-15(13)17-11-16-14;3-2(4,5)1(6)7/h3-4,9,11H,2,5-8,10H2,1H3;(H,6,7). The highest BCUT2D eigenvalue weighted by atomic mass is 32.1. The number of alkyl halides is 3. The van der Waals surface area contributed by atoms with E-state index in [9.17, 15) is 13.2 Å². The van der Waals surface area contributed by atoms with Crippen LogP contribution in [0.5, 0.6) is 0 Å². The van der Waals surface area contributed by atoms with E-state index in [0.717, 1.165) is 38.9 Å². The predicted molar refractivity (Wildman–Crippen MR) is 92.1 cm³/mol. The van der Waals surface area contributed by atoms with Crippen LogP contribution in [0.25, 0.3) is 0 Å². The number of aliphatic carboxylic acids is 1. The summed E-state index contributed by atoms with van der Waals surface area (Å²) in [5.74, 6) is -2.76. The topological polar surface area (TPSA) is 66.3 Å². The van der Waals surface area contributed by atoms with Crippen molar-refractivity contribution in [2.24, 2.45) is 0 Å². The number of hydrogen-bond acceptors (Lipinski definition) is 5. The minimum absolute atomic E-state index is 1.01. The van der Waals surface area contributed by atoms with Crippen molar-refractivity contribution in [1.29, 1.82) is 0 Å². The van der Waals surface area contributed by atoms with Gasteiger partial charge in [0.25, 0.3) is 0 Å². The third-order valence-corrected chi connectivity index (χ3v) is 4.86. The van der Waals surface area contributed by atoms with Crippen LogP contribution in [-0.4, -0.2) is 45.2 Å². The lowest BCUT2D eigenvalue weighted by Gasteiger charge is -2.18. The van der Waals surface area contributed by atoms with Crippen molar-refractivity contribution in [2.45, 2.75) is 38.9 Å². The number of thiophene rings is 1. The summed E-state index contributed by atoms with van der Waals surface area (Å²) in [4.78, 5) is 21.8. The van der Waals surface area contributed by atoms with E-state index in [4.69, 9.17) is 9.90 Å². The molecule has 3 rings (SSSR count). The van der Waals surface area contributed by atoms with E-state index in [1.54, 1.807) is 6.33 Å². The number of aryl methyl sites for hydroxylation is 1. The van der Waals surface area contributed by atoms with Crippen molar-refractivity contribution in [3.05, 3.63) is 45.7 Å². The number of carboxylic acid groups (broad SMARTS) is 1. The largest absolute Gasteiger partial charge is 0.490 e. The van der Waals surface area contributed by atoms with Gasteiger partial charge in [0.1, 0.15) is 6.33 Å². The molecule has 0 unspecified atom stereocenters. The van der Waals surface area contributed by atoms with Crippen LogP contribution >= 0.6 is 11.3 Å². The fourth-order valence-corrected chi connectivity index (χ4v) is 3.47. The first-order valence-electron chi connectivity index (χ1n) is 8.17. The van der Waals surface area contributed by atoms with Gasteiger partial charge < -0.3 is 5.11 Å². The summed E-state index contributed by atoms with van der Waals surface area (Å²) in [5.41, 5.74) is 3.90. The van der Waals surface area contributed by atoms with Crippen molar-refractivity contribution < 1.29 is 23.1 Å². The van der Waals surface area contributed by atoms with Gasteiger partial charge in [-0.05, 0) is 29.9 Å². The lowest BCUT2D eigenvalue weighted by atomic mass is 10.1. The molecule has 0 fully saturated rings. The number of aromatic nitrogens is 2. The average molecular weight is 387 g/mol. The maximum absolute atomic E-state index is 10.6. The van der Waals surface area contributed by atoms with Crippen molar-refractivity contribution in [1.82, 2.24) is 14.9 Å². The normalized spacial score (nSPS) is 14.8. The zero-order chi connectivity index (χ0) is 19.2. The second-order valence-corrected chi connectivity index (χ2v) is 6.79. The molecule has 9 heteroatoms. The van der Waals surface area contributed by atoms with Gasteiger partial charge >= 0.3 is 12.1 Å². The number of nitrogens with zero attached hydrogens (tertiary/aromatic N) is 3. The van der Waals surface area contributed by atoms with E-state index in [1.807, 2.05) is 11.3 Å². The molecule has 2 aromatic rings. The molecule has 0 aliphatic carbocycles. The molecule has 2 aromatic heterocycles. The molecule has 0 saturated heterocycles. The minimum atomic E-state index is -5.08. The molecule has 0 spiro atoms. The lowest BCUT2D eigenvalue weighted by Crippen LogP contribution is -2.25. The number of rotatable bonds is 3. The summed E-state index contributed by atoms with van der Waals surface area (Å²) in [5, 5.41) is 9.28. The Bertz CT molecular complexity index is 721. The van der Waals surface area contributed by atoms with Crippen molar-refractivity contribution in [2.75, 3.05) is 13.1 Å². The van der Waals surface area contributed by atoms with Crippen LogP contribution in [0.2, 0.25) is 0 Å². The van der Waals surface area contributed by atoms with Gasteiger partial charge in [-0.15, -0.1) is 11.3 Å². The second-order valence-electron chi connectivity index (χ2n) is 5.76. The van der Waals surface area contributed by atoms with Crippen molar-refractivity contribution in [3.63, 3.8) is 0 Å². The summed E-state index contributed by atoms with van der Waals surface area (Å²) in [6.45, 7) is 5.47. The second kappa shape index (κ2) is 9.09. The third-order valence-electron chi connectivity index (χ3n) is 4.00. The number of carboxylic acids is 1. The Kier molecular flexibility index (Phi) is 7.10. The summed E-state index contributed by atoms with van der Waals surface area (Å²) in [6, 6.07) is 4.35. The third kappa shape index (κ3) is 5.77. The Morgan fingerprint density at radius 3 is 2.58 bits per heavy atom. The van der Waals surface area contributed by atoms with Gasteiger partial charge in [-0.3, -0.25) is 4.90 Å². The van der Waals surface area contributed by atoms with Gasteiger partial charge in [-0.25, -0.2) is 14.8 Å². The lowest BCUT2D eigenvalue weighted by molar-refractivity contribution is -0.192. The van der Waals surface area contributed by atoms with Crippen molar-refractivity contribution in [3.8, 4) is 0 Å². The molecule has 0 atom stereocenters. The van der Waals surface area contributed by atoms with Crippen LogP contribution < -0.4 is 0 Å². The first-order valence-corrected chi connectivity index (χ1v) is 9.05. The van der Waals surface area contributed by atoms with Crippen LogP contribution in [0.4, 0.5) is 13.2 Å². The molecular formula is C17H20F3N3O2S. The van der Waals surface area contributed by atoms with E-state index in [1.165, 1.54) is 21.8 Å². The smallest absolute Gasteiger partial charge is 0.475 e. The quantitative estimate of drug-likeness (QED) is 0.875. The highest BCUT2D eigenvalue weighted by Crippen LogP contribution is 2.19. The first-order chi connectivity index (χ1) is 12.3. The van der Waals surface area contributed by atoms with Crippen LogP contribution in [0.3, 0.4) is 0 Å². The molecule has 142 valence electrons. The highest BCUT2D eigenvalue weighted by Gasteiger charge is 2.38. The van der Waals surface area contributed by atoms with Crippen molar-refractivity contribution >= 4 is 17.3 Å². The van der Waals surface area contributed by atoms with Gasteiger partial charge in [0.2, 0.25) is 0 Å². The fraction of sp³-hybridized carbons (Fsp3) is 0.471. The van der Waals surface area contributed by atoms with E-state index in [-0.39, 0.29) is 0 Å². The zero-order valence-electron chi connectivity index (χ0n) is 14.3. The van der Waals surface area contributed by atoms with Gasteiger partial charge in [-0.2, -0.15) is 13.2 Å². The Morgan fingerprint density at radius 2 is 2.00 bits per heavy atom. The van der Waals surface area contributed by atoms with Crippen LogP contribution in [0, 0.1) is 0 Å². The molecular weight excluding hydrogens is 367 g/mol. The first kappa shape index (κ1) is 20.3. The van der Waals surface area contributed by atoms with E-state index < -0.39 is 12.1 Å². The minimum Gasteiger partial charge on any atom is -0.475 e. The molecule has 0 aromatic carbocycles. The maximum atomic E-state index is 10.6. The SMILES string of the molecule is CCc1ncnc2c1CCN(Cc1cccs1)CC2.O=C(O)C(F)(F)F. The molecule has 0 bridgehead atoms. The Labute approximate surface area is 153 Å². The van der Waals surface area contributed by atoms with E-state index in [2.05, 4.69) is 39.3 Å². The Morgan fingerprint density at radius 1 is 1.31 bits per heavy atom. The zero-order valence-corrected chi connectivity index (χ0v) is 15.1. The molecule has 1 aliphatic rings. The van der Waals surface area contributed by atoms with Crippen LogP contribution in [0.15, 0.2) is 23.8 Å². The van der Waals surface area contributed by atoms with Crippen LogP contribution in [0.1, 0.15) is 28.8 Å². The number of hydrogen-bond donors (Lipinski definition) is 1. The summed E-state index contributed by atoms with van der Waals surface area (Å²) in [7, 11) is 0. The molecule has 5 nitrogen and oxygen atoms in total. The van der Waals surface area contributed by atoms with E-state index in [0.29, 0.717) is 0 Å². The van der Waals surface area contributed by atoms with Crippen LogP contribution in [-0.2, 0) is 30.6 Å². The highest BCUT2D eigenvalue weighted by molar-refractivity contribution is 7.09. The monoisotopic (exact) mass is 387 g/mol. The van der Waals surface area contributed by atoms with Gasteiger partial charge in [0.05, 0.1) is 0 Å². The Hall–Kier alpha value is -2.00. The molecule has 0 radical (unpaired) electrons. The summed E-state index contributed by atoms with van der Waals surface area (Å²) >= 11 is 1.85. The number of halogens is 3. The van der Waals surface area contributed by atoms with Gasteiger partial charge in [0.15, 0.2) is 0 Å². The predicted octanol–water partition coefficient (Wildman–Crippen LogP) is 3.33.